The number of fused-ring (bicyclic) bond motifs is 7. The zero-order chi connectivity index (χ0) is 22.5. The van der Waals surface area contributed by atoms with Gasteiger partial charge in [0.25, 0.3) is 5.91 Å². The molecule has 0 aliphatic carbocycles. The summed E-state index contributed by atoms with van der Waals surface area (Å²) in [6.45, 7) is 0.389. The molecule has 1 aromatic heterocycles. The molecule has 0 fully saturated rings. The maximum atomic E-state index is 13.5. The number of aromatic amines is 1. The maximum Gasteiger partial charge on any atom is 0.255 e. The number of hydrogen-bond acceptors (Lipinski definition) is 3. The lowest BCUT2D eigenvalue weighted by Crippen LogP contribution is -2.52. The van der Waals surface area contributed by atoms with Crippen molar-refractivity contribution in [3.8, 4) is 5.75 Å². The van der Waals surface area contributed by atoms with Crippen molar-refractivity contribution in [3.63, 3.8) is 0 Å². The second kappa shape index (κ2) is 7.52. The van der Waals surface area contributed by atoms with Crippen LogP contribution in [0.2, 0.25) is 0 Å². The van der Waals surface area contributed by atoms with Crippen LogP contribution in [0.25, 0.3) is 10.9 Å². The molecule has 2 N–H and O–H groups in total. The van der Waals surface area contributed by atoms with Crippen molar-refractivity contribution in [2.75, 3.05) is 7.11 Å². The van der Waals surface area contributed by atoms with E-state index >= 15 is 0 Å². The molecule has 0 saturated heterocycles. The first-order valence-corrected chi connectivity index (χ1v) is 11.1. The lowest BCUT2D eigenvalue weighted by atomic mass is 9.90. The van der Waals surface area contributed by atoms with E-state index in [0.29, 0.717) is 18.5 Å². The van der Waals surface area contributed by atoms with Gasteiger partial charge in [0.2, 0.25) is 5.91 Å². The molecule has 164 valence electrons. The quantitative estimate of drug-likeness (QED) is 0.508. The van der Waals surface area contributed by atoms with Gasteiger partial charge >= 0.3 is 0 Å². The molecule has 2 amide bonds. The van der Waals surface area contributed by atoms with Crippen molar-refractivity contribution >= 4 is 22.7 Å². The Labute approximate surface area is 191 Å². The van der Waals surface area contributed by atoms with Crippen molar-refractivity contribution in [2.45, 2.75) is 25.0 Å². The lowest BCUT2D eigenvalue weighted by Gasteiger charge is -2.37. The van der Waals surface area contributed by atoms with Crippen LogP contribution in [0, 0.1) is 0 Å². The lowest BCUT2D eigenvalue weighted by molar-refractivity contribution is -0.126. The van der Waals surface area contributed by atoms with Crippen LogP contribution in [-0.4, -0.2) is 34.8 Å². The van der Waals surface area contributed by atoms with Crippen LogP contribution < -0.4 is 10.1 Å². The van der Waals surface area contributed by atoms with E-state index in [9.17, 15) is 9.59 Å². The van der Waals surface area contributed by atoms with E-state index in [4.69, 9.17) is 4.74 Å². The SMILES string of the molecule is COc1ccc(CNC(=O)[C@@H]2Cc3c([nH]c4ccccc34)C3c4ccccc4C(=O)N32)cc1. The van der Waals surface area contributed by atoms with Gasteiger partial charge < -0.3 is 19.9 Å². The first-order valence-electron chi connectivity index (χ1n) is 11.1. The molecule has 3 aromatic carbocycles. The summed E-state index contributed by atoms with van der Waals surface area (Å²) in [5, 5.41) is 4.16. The van der Waals surface area contributed by atoms with Gasteiger partial charge in [-0.05, 0) is 41.0 Å². The molecule has 6 rings (SSSR count). The second-order valence-electron chi connectivity index (χ2n) is 8.55. The summed E-state index contributed by atoms with van der Waals surface area (Å²) in [5.74, 6) is 0.532. The third-order valence-corrected chi connectivity index (χ3v) is 6.78. The van der Waals surface area contributed by atoms with Gasteiger partial charge in [-0.25, -0.2) is 0 Å². The Balaban J connectivity index is 1.37. The molecule has 2 aliphatic rings. The first kappa shape index (κ1) is 19.6. The number of benzene rings is 3. The number of H-pyrrole nitrogens is 1. The molecule has 2 aliphatic heterocycles. The monoisotopic (exact) mass is 437 g/mol. The van der Waals surface area contributed by atoms with Gasteiger partial charge in [0.15, 0.2) is 0 Å². The number of ether oxygens (including phenoxy) is 1. The molecular formula is C27H23N3O3. The third-order valence-electron chi connectivity index (χ3n) is 6.78. The van der Waals surface area contributed by atoms with E-state index < -0.39 is 6.04 Å². The number of hydrogen-bond donors (Lipinski definition) is 2. The first-order chi connectivity index (χ1) is 16.2. The number of carbonyl (C=O) groups is 2. The molecule has 1 unspecified atom stereocenters. The molecule has 0 bridgehead atoms. The van der Waals surface area contributed by atoms with Gasteiger partial charge in [-0.1, -0.05) is 48.5 Å². The van der Waals surface area contributed by atoms with E-state index in [2.05, 4.69) is 16.4 Å². The highest BCUT2D eigenvalue weighted by atomic mass is 16.5. The predicted molar refractivity (Wildman–Crippen MR) is 125 cm³/mol. The van der Waals surface area contributed by atoms with Crippen LogP contribution in [0.1, 0.15) is 38.8 Å². The number of methoxy groups -OCH3 is 1. The zero-order valence-electron chi connectivity index (χ0n) is 18.2. The van der Waals surface area contributed by atoms with E-state index in [0.717, 1.165) is 39.0 Å². The highest BCUT2D eigenvalue weighted by Gasteiger charge is 2.48. The van der Waals surface area contributed by atoms with Crippen molar-refractivity contribution < 1.29 is 14.3 Å². The second-order valence-corrected chi connectivity index (χ2v) is 8.55. The van der Waals surface area contributed by atoms with Gasteiger partial charge in [-0.2, -0.15) is 0 Å². The van der Waals surface area contributed by atoms with E-state index in [1.165, 1.54) is 0 Å². The highest BCUT2D eigenvalue weighted by molar-refractivity contribution is 6.03. The number of aromatic nitrogens is 1. The zero-order valence-corrected chi connectivity index (χ0v) is 18.2. The normalized spacial score (nSPS) is 18.6. The Bertz CT molecular complexity index is 1390. The molecule has 3 heterocycles. The summed E-state index contributed by atoms with van der Waals surface area (Å²) in [6, 6.07) is 22.5. The largest absolute Gasteiger partial charge is 0.497 e. The Morgan fingerprint density at radius 2 is 1.82 bits per heavy atom. The van der Waals surface area contributed by atoms with E-state index in [1.54, 1.807) is 12.0 Å². The van der Waals surface area contributed by atoms with Crippen molar-refractivity contribution in [2.24, 2.45) is 0 Å². The number of carbonyl (C=O) groups excluding carboxylic acids is 2. The molecule has 0 spiro atoms. The van der Waals surface area contributed by atoms with Crippen LogP contribution in [0.4, 0.5) is 0 Å². The van der Waals surface area contributed by atoms with Gasteiger partial charge in [0, 0.05) is 35.1 Å². The minimum Gasteiger partial charge on any atom is -0.497 e. The number of nitrogens with one attached hydrogen (secondary N) is 2. The van der Waals surface area contributed by atoms with Crippen LogP contribution in [0.15, 0.2) is 72.8 Å². The molecule has 33 heavy (non-hydrogen) atoms. The number of para-hydroxylation sites is 1. The predicted octanol–water partition coefficient (Wildman–Crippen LogP) is 3.96. The molecule has 0 saturated carbocycles. The highest BCUT2D eigenvalue weighted by Crippen LogP contribution is 2.46. The summed E-state index contributed by atoms with van der Waals surface area (Å²) in [5.41, 5.74) is 5.73. The molecule has 4 aromatic rings. The summed E-state index contributed by atoms with van der Waals surface area (Å²) in [7, 11) is 1.63. The molecule has 6 heteroatoms. The number of rotatable bonds is 4. The molecule has 6 nitrogen and oxygen atoms in total. The molecule has 0 radical (unpaired) electrons. The summed E-state index contributed by atoms with van der Waals surface area (Å²) in [6.07, 6.45) is 0.476. The minimum absolute atomic E-state index is 0.0931. The van der Waals surface area contributed by atoms with Crippen LogP contribution >= 0.6 is 0 Å². The number of amides is 2. The smallest absolute Gasteiger partial charge is 0.255 e. The summed E-state index contributed by atoms with van der Waals surface area (Å²) < 4.78 is 5.21. The van der Waals surface area contributed by atoms with Crippen molar-refractivity contribution in [1.29, 1.82) is 0 Å². The van der Waals surface area contributed by atoms with Crippen LogP contribution in [-0.2, 0) is 17.8 Å². The topological polar surface area (TPSA) is 74.4 Å². The van der Waals surface area contributed by atoms with Crippen molar-refractivity contribution in [3.05, 3.63) is 101 Å². The number of nitrogens with zero attached hydrogens (tertiary/aromatic N) is 1. The average molecular weight is 437 g/mol. The fourth-order valence-corrected chi connectivity index (χ4v) is 5.19. The van der Waals surface area contributed by atoms with Gasteiger partial charge in [0.05, 0.1) is 13.2 Å². The average Bonchev–Trinajstić information content (AvgIpc) is 3.38. The van der Waals surface area contributed by atoms with Crippen LogP contribution in [0.5, 0.6) is 5.75 Å². The van der Waals surface area contributed by atoms with E-state index in [1.807, 2.05) is 66.7 Å². The Morgan fingerprint density at radius 1 is 1.06 bits per heavy atom. The van der Waals surface area contributed by atoms with Crippen molar-refractivity contribution in [1.82, 2.24) is 15.2 Å². The third kappa shape index (κ3) is 3.02. The Hall–Kier alpha value is -4.06. The van der Waals surface area contributed by atoms with E-state index in [-0.39, 0.29) is 17.9 Å². The maximum absolute atomic E-state index is 13.5. The summed E-state index contributed by atoms with van der Waals surface area (Å²) >= 11 is 0. The van der Waals surface area contributed by atoms with Crippen LogP contribution in [0.3, 0.4) is 0 Å². The standard InChI is InChI=1S/C27H23N3O3/c1-33-17-12-10-16(11-13-17)15-28-26(31)23-14-21-18-6-4-5-9-22(18)29-24(21)25-19-7-2-3-8-20(19)27(32)30(23)25/h2-13,23,25,29H,14-15H2,1H3,(H,28,31)/t23-,25?/m0/s1. The fourth-order valence-electron chi connectivity index (χ4n) is 5.19. The Morgan fingerprint density at radius 3 is 2.64 bits per heavy atom. The fraction of sp³-hybridized carbons (Fsp3) is 0.185. The van der Waals surface area contributed by atoms with Gasteiger partial charge in [-0.3, -0.25) is 9.59 Å². The summed E-state index contributed by atoms with van der Waals surface area (Å²) in [4.78, 5) is 32.2. The van der Waals surface area contributed by atoms with Gasteiger partial charge in [-0.15, -0.1) is 0 Å². The van der Waals surface area contributed by atoms with Gasteiger partial charge in [0.1, 0.15) is 11.8 Å². The minimum atomic E-state index is -0.583. The Kier molecular flexibility index (Phi) is 4.47. The molecular weight excluding hydrogens is 414 g/mol. The molecule has 2 atom stereocenters.